The Hall–Kier alpha value is -0.610. The molecule has 1 saturated heterocycles. The molecule has 1 aliphatic rings. The van der Waals surface area contributed by atoms with Crippen molar-refractivity contribution in [1.29, 1.82) is 0 Å². The van der Waals surface area contributed by atoms with Gasteiger partial charge in [-0.3, -0.25) is 4.79 Å². The van der Waals surface area contributed by atoms with Crippen LogP contribution in [0.2, 0.25) is 0 Å². The molecule has 2 unspecified atom stereocenters. The number of hydrogen-bond acceptors (Lipinski definition) is 4. The highest BCUT2D eigenvalue weighted by Gasteiger charge is 2.25. The number of nitrogens with one attached hydrogen (secondary N) is 1. The number of nitrogens with zero attached hydrogens (tertiary/aromatic N) is 1. The van der Waals surface area contributed by atoms with Gasteiger partial charge in [0, 0.05) is 25.6 Å². The maximum Gasteiger partial charge on any atom is 0.305 e. The molecule has 0 bridgehead atoms. The molecule has 1 rings (SSSR count). The number of esters is 1. The molecule has 4 heteroatoms. The zero-order valence-electron chi connectivity index (χ0n) is 13.7. The van der Waals surface area contributed by atoms with Gasteiger partial charge in [0.15, 0.2) is 0 Å². The highest BCUT2D eigenvalue weighted by Crippen LogP contribution is 2.21. The summed E-state index contributed by atoms with van der Waals surface area (Å²) >= 11 is 0. The SMILES string of the molecule is CCOC(=O)CCC1CC(NCCC(C)C)CN(C)C1. The van der Waals surface area contributed by atoms with Crippen molar-refractivity contribution in [2.75, 3.05) is 33.3 Å². The summed E-state index contributed by atoms with van der Waals surface area (Å²) in [6.45, 7) is 10.2. The minimum absolute atomic E-state index is 0.0509. The fraction of sp³-hybridized carbons (Fsp3) is 0.938. The third kappa shape index (κ3) is 7.25. The van der Waals surface area contributed by atoms with Gasteiger partial charge in [-0.05, 0) is 51.6 Å². The number of piperidine rings is 1. The molecule has 20 heavy (non-hydrogen) atoms. The molecule has 0 aliphatic carbocycles. The summed E-state index contributed by atoms with van der Waals surface area (Å²) in [7, 11) is 2.17. The lowest BCUT2D eigenvalue weighted by Crippen LogP contribution is -2.48. The monoisotopic (exact) mass is 284 g/mol. The summed E-state index contributed by atoms with van der Waals surface area (Å²) < 4.78 is 5.01. The molecule has 1 heterocycles. The van der Waals surface area contributed by atoms with Crippen LogP contribution >= 0.6 is 0 Å². The quantitative estimate of drug-likeness (QED) is 0.694. The molecule has 1 aliphatic heterocycles. The third-order valence-corrected chi connectivity index (χ3v) is 3.94. The van der Waals surface area contributed by atoms with E-state index in [1.165, 1.54) is 12.8 Å². The van der Waals surface area contributed by atoms with Gasteiger partial charge in [-0.2, -0.15) is 0 Å². The summed E-state index contributed by atoms with van der Waals surface area (Å²) in [5.74, 6) is 1.31. The maximum atomic E-state index is 11.4. The van der Waals surface area contributed by atoms with Crippen LogP contribution in [0.15, 0.2) is 0 Å². The molecule has 0 saturated carbocycles. The van der Waals surface area contributed by atoms with Crippen molar-refractivity contribution < 1.29 is 9.53 Å². The van der Waals surface area contributed by atoms with Crippen molar-refractivity contribution in [3.63, 3.8) is 0 Å². The Labute approximate surface area is 124 Å². The van der Waals surface area contributed by atoms with Crippen LogP contribution in [0.1, 0.15) is 46.5 Å². The molecule has 0 spiro atoms. The first-order valence-corrected chi connectivity index (χ1v) is 8.08. The summed E-state index contributed by atoms with van der Waals surface area (Å²) in [5, 5.41) is 3.67. The van der Waals surface area contributed by atoms with Gasteiger partial charge in [0.25, 0.3) is 0 Å². The zero-order chi connectivity index (χ0) is 15.0. The van der Waals surface area contributed by atoms with E-state index in [1.54, 1.807) is 0 Å². The van der Waals surface area contributed by atoms with Crippen LogP contribution in [-0.4, -0.2) is 50.2 Å². The molecule has 0 aromatic heterocycles. The molecule has 0 aromatic carbocycles. The normalized spacial score (nSPS) is 24.1. The largest absolute Gasteiger partial charge is 0.466 e. The first-order chi connectivity index (χ1) is 9.51. The minimum atomic E-state index is -0.0509. The fourth-order valence-corrected chi connectivity index (χ4v) is 2.93. The number of carbonyl (C=O) groups excluding carboxylic acids is 1. The Morgan fingerprint density at radius 1 is 1.40 bits per heavy atom. The molecule has 0 radical (unpaired) electrons. The van der Waals surface area contributed by atoms with Crippen molar-refractivity contribution in [2.24, 2.45) is 11.8 Å². The third-order valence-electron chi connectivity index (χ3n) is 3.94. The Balaban J connectivity index is 2.28. The molecule has 4 nitrogen and oxygen atoms in total. The predicted octanol–water partition coefficient (Wildman–Crippen LogP) is 2.29. The smallest absolute Gasteiger partial charge is 0.305 e. The first-order valence-electron chi connectivity index (χ1n) is 8.08. The molecule has 2 atom stereocenters. The van der Waals surface area contributed by atoms with Gasteiger partial charge >= 0.3 is 5.97 Å². The first kappa shape index (κ1) is 17.4. The Bertz CT molecular complexity index is 282. The number of ether oxygens (including phenoxy) is 1. The minimum Gasteiger partial charge on any atom is -0.466 e. The average Bonchev–Trinajstić information content (AvgIpc) is 2.36. The van der Waals surface area contributed by atoms with E-state index < -0.39 is 0 Å². The second-order valence-electron chi connectivity index (χ2n) is 6.50. The average molecular weight is 284 g/mol. The van der Waals surface area contributed by atoms with Gasteiger partial charge in [-0.25, -0.2) is 0 Å². The highest BCUT2D eigenvalue weighted by molar-refractivity contribution is 5.69. The van der Waals surface area contributed by atoms with Crippen molar-refractivity contribution in [1.82, 2.24) is 10.2 Å². The number of carbonyl (C=O) groups is 1. The number of likely N-dealkylation sites (N-methyl/N-ethyl adjacent to an activating group) is 1. The second kappa shape index (κ2) is 9.35. The zero-order valence-corrected chi connectivity index (χ0v) is 13.7. The molecule has 1 fully saturated rings. The maximum absolute atomic E-state index is 11.4. The fourth-order valence-electron chi connectivity index (χ4n) is 2.93. The van der Waals surface area contributed by atoms with E-state index in [0.717, 1.165) is 32.0 Å². The lowest BCUT2D eigenvalue weighted by Gasteiger charge is -2.36. The summed E-state index contributed by atoms with van der Waals surface area (Å²) in [6.07, 6.45) is 3.92. The number of likely N-dealkylation sites (tertiary alicyclic amines) is 1. The highest BCUT2D eigenvalue weighted by atomic mass is 16.5. The summed E-state index contributed by atoms with van der Waals surface area (Å²) in [6, 6.07) is 0.569. The van der Waals surface area contributed by atoms with Gasteiger partial charge in [-0.1, -0.05) is 13.8 Å². The van der Waals surface area contributed by atoms with Crippen molar-refractivity contribution >= 4 is 5.97 Å². The van der Waals surface area contributed by atoms with Gasteiger partial charge in [0.05, 0.1) is 6.61 Å². The standard InChI is InChI=1S/C16H32N2O2/c1-5-20-16(19)7-6-14-10-15(12-18(4)11-14)17-9-8-13(2)3/h13-15,17H,5-12H2,1-4H3. The number of rotatable bonds is 8. The van der Waals surface area contributed by atoms with Crippen LogP contribution < -0.4 is 5.32 Å². The lowest BCUT2D eigenvalue weighted by molar-refractivity contribution is -0.143. The van der Waals surface area contributed by atoms with E-state index in [4.69, 9.17) is 4.74 Å². The van der Waals surface area contributed by atoms with Gasteiger partial charge < -0.3 is 15.0 Å². The van der Waals surface area contributed by atoms with E-state index in [2.05, 4.69) is 31.1 Å². The van der Waals surface area contributed by atoms with Crippen molar-refractivity contribution in [2.45, 2.75) is 52.5 Å². The van der Waals surface area contributed by atoms with Crippen LogP contribution in [0.3, 0.4) is 0 Å². The molecule has 0 amide bonds. The Morgan fingerprint density at radius 2 is 2.15 bits per heavy atom. The van der Waals surface area contributed by atoms with Crippen LogP contribution in [0, 0.1) is 11.8 Å². The van der Waals surface area contributed by atoms with Crippen LogP contribution in [0.5, 0.6) is 0 Å². The van der Waals surface area contributed by atoms with Gasteiger partial charge in [0.2, 0.25) is 0 Å². The Morgan fingerprint density at radius 3 is 2.80 bits per heavy atom. The summed E-state index contributed by atoms with van der Waals surface area (Å²) in [4.78, 5) is 13.8. The van der Waals surface area contributed by atoms with E-state index in [1.807, 2.05) is 6.92 Å². The molecular weight excluding hydrogens is 252 g/mol. The molecular formula is C16H32N2O2. The predicted molar refractivity (Wildman–Crippen MR) is 82.7 cm³/mol. The van der Waals surface area contributed by atoms with Crippen LogP contribution in [-0.2, 0) is 9.53 Å². The molecule has 1 N–H and O–H groups in total. The van der Waals surface area contributed by atoms with E-state index >= 15 is 0 Å². The lowest BCUT2D eigenvalue weighted by atomic mass is 9.90. The van der Waals surface area contributed by atoms with E-state index in [9.17, 15) is 4.79 Å². The van der Waals surface area contributed by atoms with Gasteiger partial charge in [0.1, 0.15) is 0 Å². The van der Waals surface area contributed by atoms with Crippen molar-refractivity contribution in [3.05, 3.63) is 0 Å². The molecule has 0 aromatic rings. The summed E-state index contributed by atoms with van der Waals surface area (Å²) in [5.41, 5.74) is 0. The number of hydrogen-bond donors (Lipinski definition) is 1. The van der Waals surface area contributed by atoms with Crippen LogP contribution in [0.4, 0.5) is 0 Å². The topological polar surface area (TPSA) is 41.6 Å². The van der Waals surface area contributed by atoms with Crippen LogP contribution in [0.25, 0.3) is 0 Å². The van der Waals surface area contributed by atoms with E-state index in [-0.39, 0.29) is 5.97 Å². The van der Waals surface area contributed by atoms with Gasteiger partial charge in [-0.15, -0.1) is 0 Å². The Kier molecular flexibility index (Phi) is 8.15. The molecule has 118 valence electrons. The van der Waals surface area contributed by atoms with E-state index in [0.29, 0.717) is 25.0 Å². The second-order valence-corrected chi connectivity index (χ2v) is 6.50. The van der Waals surface area contributed by atoms with Crippen molar-refractivity contribution in [3.8, 4) is 0 Å².